The Morgan fingerprint density at radius 2 is 2.22 bits per heavy atom. The van der Waals surface area contributed by atoms with Crippen LogP contribution in [0.1, 0.15) is 37.3 Å². The molecule has 1 atom stereocenters. The van der Waals surface area contributed by atoms with E-state index in [9.17, 15) is 9.18 Å². The number of benzene rings is 1. The van der Waals surface area contributed by atoms with Gasteiger partial charge in [-0.25, -0.2) is 9.87 Å². The fraction of sp³-hybridized carbons (Fsp3) is 0.500. The van der Waals surface area contributed by atoms with E-state index in [0.717, 1.165) is 24.8 Å². The third-order valence-corrected chi connectivity index (χ3v) is 3.09. The summed E-state index contributed by atoms with van der Waals surface area (Å²) in [4.78, 5) is 11.5. The molecule has 0 fully saturated rings. The average molecular weight is 253 g/mol. The van der Waals surface area contributed by atoms with Gasteiger partial charge in [0.25, 0.3) is 0 Å². The predicted molar refractivity (Wildman–Crippen MR) is 67.8 cm³/mol. The lowest BCUT2D eigenvalue weighted by atomic mass is 9.93. The van der Waals surface area contributed by atoms with Gasteiger partial charge in [-0.3, -0.25) is 10.0 Å². The molecule has 4 heteroatoms. The Kier molecular flexibility index (Phi) is 5.78. The first-order valence-corrected chi connectivity index (χ1v) is 6.27. The second kappa shape index (κ2) is 7.11. The number of hydrogen-bond acceptors (Lipinski definition) is 2. The molecule has 1 amide bonds. The molecular formula is C14H20FNO2. The van der Waals surface area contributed by atoms with Crippen LogP contribution in [-0.4, -0.2) is 11.1 Å². The number of rotatable bonds is 6. The molecule has 0 spiro atoms. The van der Waals surface area contributed by atoms with Crippen LogP contribution in [0.3, 0.4) is 0 Å². The van der Waals surface area contributed by atoms with E-state index >= 15 is 0 Å². The van der Waals surface area contributed by atoms with Crippen LogP contribution in [0.5, 0.6) is 0 Å². The van der Waals surface area contributed by atoms with Crippen molar-refractivity contribution in [3.63, 3.8) is 0 Å². The van der Waals surface area contributed by atoms with E-state index in [1.165, 1.54) is 6.07 Å². The van der Waals surface area contributed by atoms with Crippen LogP contribution in [0.2, 0.25) is 0 Å². The molecule has 0 aliphatic heterocycles. The molecule has 100 valence electrons. The Hall–Kier alpha value is -1.42. The Morgan fingerprint density at radius 1 is 1.50 bits per heavy atom. The smallest absolute Gasteiger partial charge is 0.246 e. The molecule has 0 heterocycles. The molecule has 1 aromatic carbocycles. The quantitative estimate of drug-likeness (QED) is 0.605. The molecule has 0 bridgehead atoms. The highest BCUT2D eigenvalue weighted by Crippen LogP contribution is 2.18. The molecule has 0 radical (unpaired) electrons. The lowest BCUT2D eigenvalue weighted by Gasteiger charge is -2.14. The summed E-state index contributed by atoms with van der Waals surface area (Å²) in [5.74, 6) is -0.874. The predicted octanol–water partition coefficient (Wildman–Crippen LogP) is 2.99. The first kappa shape index (κ1) is 14.6. The highest BCUT2D eigenvalue weighted by molar-refractivity contribution is 5.77. The molecule has 1 rings (SSSR count). The van der Waals surface area contributed by atoms with Gasteiger partial charge in [-0.2, -0.15) is 0 Å². The molecule has 18 heavy (non-hydrogen) atoms. The molecule has 2 N–H and O–H groups in total. The van der Waals surface area contributed by atoms with Crippen molar-refractivity contribution in [2.75, 3.05) is 0 Å². The molecule has 0 aliphatic carbocycles. The first-order valence-electron chi connectivity index (χ1n) is 6.27. The number of carbonyl (C=O) groups is 1. The van der Waals surface area contributed by atoms with Crippen molar-refractivity contribution in [2.24, 2.45) is 5.92 Å². The third-order valence-electron chi connectivity index (χ3n) is 3.09. The van der Waals surface area contributed by atoms with Crippen molar-refractivity contribution in [1.29, 1.82) is 0 Å². The van der Waals surface area contributed by atoms with Gasteiger partial charge in [0.15, 0.2) is 0 Å². The van der Waals surface area contributed by atoms with E-state index in [2.05, 4.69) is 6.92 Å². The van der Waals surface area contributed by atoms with Crippen LogP contribution in [-0.2, 0) is 11.2 Å². The van der Waals surface area contributed by atoms with Gasteiger partial charge in [-0.05, 0) is 37.0 Å². The van der Waals surface area contributed by atoms with E-state index in [1.54, 1.807) is 24.5 Å². The van der Waals surface area contributed by atoms with Gasteiger partial charge in [-0.15, -0.1) is 0 Å². The molecule has 0 unspecified atom stereocenters. The van der Waals surface area contributed by atoms with Crippen LogP contribution in [0.4, 0.5) is 4.39 Å². The summed E-state index contributed by atoms with van der Waals surface area (Å²) in [6.07, 6.45) is 3.17. The highest BCUT2D eigenvalue weighted by Gasteiger charge is 2.18. The summed E-state index contributed by atoms with van der Waals surface area (Å²) in [5, 5.41) is 8.72. The maximum Gasteiger partial charge on any atom is 0.246 e. The number of halogens is 1. The topological polar surface area (TPSA) is 49.3 Å². The number of hydrogen-bond donors (Lipinski definition) is 2. The highest BCUT2D eigenvalue weighted by atomic mass is 19.1. The molecule has 1 aromatic rings. The number of aryl methyl sites for hydroxylation is 1. The normalized spacial score (nSPS) is 12.2. The SMILES string of the molecule is CCCC[C@@H](Cc1ccc(F)c(C)c1)C(=O)NO. The Balaban J connectivity index is 2.75. The Bertz CT molecular complexity index is 407. The van der Waals surface area contributed by atoms with E-state index in [1.807, 2.05) is 0 Å². The number of unbranched alkanes of at least 4 members (excludes halogenated alkanes) is 1. The summed E-state index contributed by atoms with van der Waals surface area (Å²) in [6.45, 7) is 3.75. The molecule has 0 aliphatic rings. The van der Waals surface area contributed by atoms with Crippen LogP contribution in [0.25, 0.3) is 0 Å². The number of nitrogens with one attached hydrogen (secondary N) is 1. The van der Waals surface area contributed by atoms with Crippen molar-refractivity contribution in [3.8, 4) is 0 Å². The molecule has 0 saturated carbocycles. The van der Waals surface area contributed by atoms with Crippen molar-refractivity contribution < 1.29 is 14.4 Å². The second-order valence-electron chi connectivity index (χ2n) is 4.60. The second-order valence-corrected chi connectivity index (χ2v) is 4.60. The van der Waals surface area contributed by atoms with Gasteiger partial charge in [0.2, 0.25) is 5.91 Å². The first-order chi connectivity index (χ1) is 8.58. The summed E-state index contributed by atoms with van der Waals surface area (Å²) < 4.78 is 13.1. The largest absolute Gasteiger partial charge is 0.289 e. The van der Waals surface area contributed by atoms with Gasteiger partial charge in [0.1, 0.15) is 5.82 Å². The zero-order valence-corrected chi connectivity index (χ0v) is 10.9. The maximum atomic E-state index is 13.1. The molecule has 3 nitrogen and oxygen atoms in total. The number of amides is 1. The van der Waals surface area contributed by atoms with E-state index < -0.39 is 0 Å². The summed E-state index contributed by atoms with van der Waals surface area (Å²) in [5.41, 5.74) is 3.20. The van der Waals surface area contributed by atoms with Crippen molar-refractivity contribution >= 4 is 5.91 Å². The van der Waals surface area contributed by atoms with E-state index in [4.69, 9.17) is 5.21 Å². The lowest BCUT2D eigenvalue weighted by molar-refractivity contribution is -0.133. The number of hydroxylamine groups is 1. The van der Waals surface area contributed by atoms with E-state index in [0.29, 0.717) is 12.0 Å². The van der Waals surface area contributed by atoms with Gasteiger partial charge in [0.05, 0.1) is 0 Å². The number of carbonyl (C=O) groups excluding carboxylic acids is 1. The van der Waals surface area contributed by atoms with Crippen molar-refractivity contribution in [2.45, 2.75) is 39.5 Å². The van der Waals surface area contributed by atoms with Gasteiger partial charge in [0, 0.05) is 5.92 Å². The standard InChI is InChI=1S/C14H20FNO2/c1-3-4-5-12(14(17)16-18)9-11-6-7-13(15)10(2)8-11/h6-8,12,18H,3-5,9H2,1-2H3,(H,16,17)/t12-/m0/s1. The minimum absolute atomic E-state index is 0.240. The third kappa shape index (κ3) is 4.11. The molecule has 0 aromatic heterocycles. The molecular weight excluding hydrogens is 233 g/mol. The summed E-state index contributed by atoms with van der Waals surface area (Å²) >= 11 is 0. The fourth-order valence-corrected chi connectivity index (χ4v) is 1.99. The van der Waals surface area contributed by atoms with Gasteiger partial charge >= 0.3 is 0 Å². The zero-order valence-electron chi connectivity index (χ0n) is 10.9. The van der Waals surface area contributed by atoms with E-state index in [-0.39, 0.29) is 17.6 Å². The van der Waals surface area contributed by atoms with Crippen molar-refractivity contribution in [3.05, 3.63) is 35.1 Å². The van der Waals surface area contributed by atoms with Crippen molar-refractivity contribution in [1.82, 2.24) is 5.48 Å². The van der Waals surface area contributed by atoms with Crippen LogP contribution in [0.15, 0.2) is 18.2 Å². The maximum absolute atomic E-state index is 13.1. The fourth-order valence-electron chi connectivity index (χ4n) is 1.99. The summed E-state index contributed by atoms with van der Waals surface area (Å²) in [7, 11) is 0. The van der Waals surface area contributed by atoms with Crippen LogP contribution < -0.4 is 5.48 Å². The zero-order chi connectivity index (χ0) is 13.5. The lowest BCUT2D eigenvalue weighted by Crippen LogP contribution is -2.29. The minimum atomic E-state index is -0.370. The van der Waals surface area contributed by atoms with Crippen LogP contribution in [0, 0.1) is 18.7 Å². The molecule has 0 saturated heterocycles. The Morgan fingerprint density at radius 3 is 2.78 bits per heavy atom. The monoisotopic (exact) mass is 253 g/mol. The van der Waals surface area contributed by atoms with Gasteiger partial charge < -0.3 is 0 Å². The average Bonchev–Trinajstić information content (AvgIpc) is 2.37. The minimum Gasteiger partial charge on any atom is -0.289 e. The summed E-state index contributed by atoms with van der Waals surface area (Å²) in [6, 6.07) is 4.85. The van der Waals surface area contributed by atoms with Crippen LogP contribution >= 0.6 is 0 Å². The Labute approximate surface area is 107 Å². The van der Waals surface area contributed by atoms with Gasteiger partial charge in [-0.1, -0.05) is 31.9 Å².